The van der Waals surface area contributed by atoms with Gasteiger partial charge in [-0.25, -0.2) is 0 Å². The van der Waals surface area contributed by atoms with Gasteiger partial charge in [-0.15, -0.1) is 0 Å². The second kappa shape index (κ2) is 5.26. The lowest BCUT2D eigenvalue weighted by Crippen LogP contribution is -2.13. The summed E-state index contributed by atoms with van der Waals surface area (Å²) in [6, 6.07) is 0. The van der Waals surface area contributed by atoms with Gasteiger partial charge in [0.05, 0.1) is 7.11 Å². The van der Waals surface area contributed by atoms with Crippen LogP contribution in [0.2, 0.25) is 0 Å². The largest absolute Gasteiger partial charge is 0.499 e. The third-order valence-electron chi connectivity index (χ3n) is 1.32. The number of methoxy groups -OCH3 is 1. The lowest BCUT2D eigenvalue weighted by Gasteiger charge is -2.10. The van der Waals surface area contributed by atoms with Crippen molar-refractivity contribution in [2.45, 2.75) is 18.9 Å². The fourth-order valence-corrected chi connectivity index (χ4v) is 0.608. The van der Waals surface area contributed by atoms with Gasteiger partial charge in [-0.05, 0) is 19.4 Å². The molecule has 0 fully saturated rings. The summed E-state index contributed by atoms with van der Waals surface area (Å²) >= 11 is 0. The maximum absolute atomic E-state index is 9.17. The third-order valence-corrected chi connectivity index (χ3v) is 1.32. The van der Waals surface area contributed by atoms with E-state index < -0.39 is 6.10 Å². The molecular formula is C7H15NO2. The first-order chi connectivity index (χ1) is 4.72. The molecule has 0 bridgehead atoms. The molecule has 3 heteroatoms. The molecule has 0 amide bonds. The van der Waals surface area contributed by atoms with Crippen LogP contribution in [0.3, 0.4) is 0 Å². The first-order valence-corrected chi connectivity index (χ1v) is 3.33. The van der Waals surface area contributed by atoms with E-state index in [2.05, 4.69) is 6.58 Å². The molecule has 0 heterocycles. The zero-order valence-corrected chi connectivity index (χ0v) is 6.34. The predicted molar refractivity (Wildman–Crippen MR) is 40.4 cm³/mol. The van der Waals surface area contributed by atoms with Gasteiger partial charge in [0.25, 0.3) is 0 Å². The van der Waals surface area contributed by atoms with Gasteiger partial charge >= 0.3 is 0 Å². The molecule has 0 saturated carbocycles. The number of nitrogens with two attached hydrogens (primary N) is 1. The highest BCUT2D eigenvalue weighted by molar-refractivity contribution is 4.90. The minimum Gasteiger partial charge on any atom is -0.499 e. The summed E-state index contributed by atoms with van der Waals surface area (Å²) in [6.45, 7) is 4.10. The van der Waals surface area contributed by atoms with Crippen LogP contribution in [0.4, 0.5) is 0 Å². The number of ether oxygens (including phenoxy) is 1. The van der Waals surface area contributed by atoms with Gasteiger partial charge in [0.2, 0.25) is 0 Å². The van der Waals surface area contributed by atoms with Crippen LogP contribution in [0, 0.1) is 0 Å². The molecule has 0 aliphatic carbocycles. The van der Waals surface area contributed by atoms with Crippen molar-refractivity contribution in [2.75, 3.05) is 13.7 Å². The summed E-state index contributed by atoms with van der Waals surface area (Å²) in [4.78, 5) is 0. The molecule has 0 saturated heterocycles. The van der Waals surface area contributed by atoms with Crippen molar-refractivity contribution in [3.8, 4) is 0 Å². The summed E-state index contributed by atoms with van der Waals surface area (Å²) in [5, 5.41) is 9.17. The fourth-order valence-electron chi connectivity index (χ4n) is 0.608. The van der Waals surface area contributed by atoms with Crippen molar-refractivity contribution < 1.29 is 9.84 Å². The van der Waals surface area contributed by atoms with E-state index >= 15 is 0 Å². The number of hydrogen-bond acceptors (Lipinski definition) is 3. The van der Waals surface area contributed by atoms with E-state index in [1.54, 1.807) is 0 Å². The minimum absolute atomic E-state index is 0.411. The Kier molecular flexibility index (Phi) is 4.98. The van der Waals surface area contributed by atoms with Crippen LogP contribution in [0.25, 0.3) is 0 Å². The maximum atomic E-state index is 9.17. The Morgan fingerprint density at radius 1 is 1.80 bits per heavy atom. The second-order valence-electron chi connectivity index (χ2n) is 2.12. The van der Waals surface area contributed by atoms with Crippen LogP contribution in [-0.4, -0.2) is 24.9 Å². The van der Waals surface area contributed by atoms with E-state index in [4.69, 9.17) is 15.6 Å². The van der Waals surface area contributed by atoms with Crippen LogP contribution >= 0.6 is 0 Å². The summed E-state index contributed by atoms with van der Waals surface area (Å²) in [5.74, 6) is 0.411. The molecule has 10 heavy (non-hydrogen) atoms. The lowest BCUT2D eigenvalue weighted by atomic mass is 10.2. The monoisotopic (exact) mass is 145 g/mol. The minimum atomic E-state index is -0.562. The van der Waals surface area contributed by atoms with E-state index in [1.807, 2.05) is 0 Å². The first kappa shape index (κ1) is 9.46. The molecule has 0 unspecified atom stereocenters. The summed E-state index contributed by atoms with van der Waals surface area (Å²) < 4.78 is 4.72. The maximum Gasteiger partial charge on any atom is 0.117 e. The molecule has 0 aliphatic heterocycles. The van der Waals surface area contributed by atoms with Crippen molar-refractivity contribution in [3.05, 3.63) is 12.3 Å². The SMILES string of the molecule is C=C(OC)[C@@H](O)CCCN. The van der Waals surface area contributed by atoms with Gasteiger partial charge in [0.15, 0.2) is 0 Å². The number of rotatable bonds is 5. The lowest BCUT2D eigenvalue weighted by molar-refractivity contribution is 0.121. The highest BCUT2D eigenvalue weighted by Crippen LogP contribution is 2.05. The van der Waals surface area contributed by atoms with Crippen LogP contribution in [0.1, 0.15) is 12.8 Å². The van der Waals surface area contributed by atoms with Crippen molar-refractivity contribution >= 4 is 0 Å². The standard InChI is InChI=1S/C7H15NO2/c1-6(10-2)7(9)4-3-5-8/h7,9H,1,3-5,8H2,2H3/t7-/m0/s1. The third kappa shape index (κ3) is 3.48. The van der Waals surface area contributed by atoms with Gasteiger partial charge < -0.3 is 15.6 Å². The Balaban J connectivity index is 3.41. The summed E-state index contributed by atoms with van der Waals surface area (Å²) in [5.41, 5.74) is 5.24. The molecule has 0 radical (unpaired) electrons. The molecule has 0 aromatic carbocycles. The first-order valence-electron chi connectivity index (χ1n) is 3.33. The summed E-state index contributed by atoms with van der Waals surface area (Å²) in [6.07, 6.45) is 0.862. The fraction of sp³-hybridized carbons (Fsp3) is 0.714. The average molecular weight is 145 g/mol. The Morgan fingerprint density at radius 3 is 2.80 bits per heavy atom. The Morgan fingerprint density at radius 2 is 2.40 bits per heavy atom. The summed E-state index contributed by atoms with van der Waals surface area (Å²) in [7, 11) is 1.49. The van der Waals surface area contributed by atoms with E-state index in [0.717, 1.165) is 6.42 Å². The number of aliphatic hydroxyl groups excluding tert-OH is 1. The quantitative estimate of drug-likeness (QED) is 0.545. The molecule has 60 valence electrons. The second-order valence-corrected chi connectivity index (χ2v) is 2.12. The molecule has 3 nitrogen and oxygen atoms in total. The topological polar surface area (TPSA) is 55.5 Å². The molecule has 3 N–H and O–H groups in total. The van der Waals surface area contributed by atoms with Crippen molar-refractivity contribution in [1.82, 2.24) is 0 Å². The zero-order valence-electron chi connectivity index (χ0n) is 6.34. The van der Waals surface area contributed by atoms with Crippen molar-refractivity contribution in [1.29, 1.82) is 0 Å². The smallest absolute Gasteiger partial charge is 0.117 e. The van der Waals surface area contributed by atoms with Gasteiger partial charge in [0.1, 0.15) is 11.9 Å². The van der Waals surface area contributed by atoms with Crippen LogP contribution in [0.15, 0.2) is 12.3 Å². The van der Waals surface area contributed by atoms with E-state index in [-0.39, 0.29) is 0 Å². The highest BCUT2D eigenvalue weighted by Gasteiger charge is 2.06. The molecule has 0 aromatic heterocycles. The molecule has 0 aromatic rings. The predicted octanol–water partition coefficient (Wildman–Crippen LogP) is 0.246. The van der Waals surface area contributed by atoms with Gasteiger partial charge in [-0.1, -0.05) is 6.58 Å². The molecule has 0 rings (SSSR count). The van der Waals surface area contributed by atoms with Gasteiger partial charge in [-0.2, -0.15) is 0 Å². The van der Waals surface area contributed by atoms with Crippen LogP contribution in [-0.2, 0) is 4.74 Å². The molecule has 0 spiro atoms. The molecule has 1 atom stereocenters. The van der Waals surface area contributed by atoms with Crippen LogP contribution < -0.4 is 5.73 Å². The number of hydrogen-bond donors (Lipinski definition) is 2. The normalized spacial score (nSPS) is 12.7. The zero-order chi connectivity index (χ0) is 7.98. The Labute approximate surface area is 61.5 Å². The highest BCUT2D eigenvalue weighted by atomic mass is 16.5. The molecule has 0 aliphatic rings. The Bertz CT molecular complexity index is 104. The van der Waals surface area contributed by atoms with E-state index in [9.17, 15) is 0 Å². The van der Waals surface area contributed by atoms with E-state index in [0.29, 0.717) is 18.7 Å². The number of aliphatic hydroxyl groups is 1. The van der Waals surface area contributed by atoms with E-state index in [1.165, 1.54) is 7.11 Å². The Hall–Kier alpha value is -0.540. The average Bonchev–Trinajstić information content (AvgIpc) is 1.98. The van der Waals surface area contributed by atoms with Gasteiger partial charge in [0, 0.05) is 0 Å². The van der Waals surface area contributed by atoms with Crippen molar-refractivity contribution in [2.24, 2.45) is 5.73 Å². The van der Waals surface area contributed by atoms with Gasteiger partial charge in [-0.3, -0.25) is 0 Å². The van der Waals surface area contributed by atoms with Crippen LogP contribution in [0.5, 0.6) is 0 Å². The van der Waals surface area contributed by atoms with Crippen molar-refractivity contribution in [3.63, 3.8) is 0 Å². The molecular weight excluding hydrogens is 130 g/mol.